The van der Waals surface area contributed by atoms with E-state index < -0.39 is 5.56 Å². The lowest BCUT2D eigenvalue weighted by Gasteiger charge is -1.97. The number of aromatic amines is 1. The molecular weight excluding hydrogens is 194 g/mol. The van der Waals surface area contributed by atoms with E-state index in [1.165, 1.54) is 24.8 Å². The molecule has 0 fully saturated rings. The van der Waals surface area contributed by atoms with Crippen molar-refractivity contribution in [3.8, 4) is 17.6 Å². The van der Waals surface area contributed by atoms with E-state index in [2.05, 4.69) is 19.9 Å². The zero-order valence-electron chi connectivity index (χ0n) is 7.51. The van der Waals surface area contributed by atoms with E-state index in [0.29, 0.717) is 11.5 Å². The van der Waals surface area contributed by atoms with Crippen LogP contribution in [-0.4, -0.2) is 19.9 Å². The van der Waals surface area contributed by atoms with Gasteiger partial charge < -0.3 is 4.98 Å². The molecule has 72 valence electrons. The summed E-state index contributed by atoms with van der Waals surface area (Å²) in [6.45, 7) is 0. The van der Waals surface area contributed by atoms with E-state index in [0.717, 1.165) is 0 Å². The van der Waals surface area contributed by atoms with Crippen molar-refractivity contribution in [3.05, 3.63) is 40.7 Å². The fourth-order valence-electron chi connectivity index (χ4n) is 1.03. The lowest BCUT2D eigenvalue weighted by Crippen LogP contribution is -2.12. The van der Waals surface area contributed by atoms with Crippen molar-refractivity contribution in [2.75, 3.05) is 0 Å². The maximum atomic E-state index is 11.3. The summed E-state index contributed by atoms with van der Waals surface area (Å²) >= 11 is 0. The fourth-order valence-corrected chi connectivity index (χ4v) is 1.03. The van der Waals surface area contributed by atoms with E-state index in [1.54, 1.807) is 6.07 Å². The first-order valence-corrected chi connectivity index (χ1v) is 4.07. The van der Waals surface area contributed by atoms with Crippen LogP contribution in [0.25, 0.3) is 11.5 Å². The molecule has 2 heterocycles. The number of H-pyrrole nitrogens is 1. The van der Waals surface area contributed by atoms with Gasteiger partial charge >= 0.3 is 0 Å². The molecule has 0 aliphatic rings. The van der Waals surface area contributed by atoms with Crippen molar-refractivity contribution in [3.63, 3.8) is 0 Å². The summed E-state index contributed by atoms with van der Waals surface area (Å²) in [4.78, 5) is 25.4. The van der Waals surface area contributed by atoms with Gasteiger partial charge in [-0.3, -0.25) is 9.78 Å². The molecule has 15 heavy (non-hydrogen) atoms. The summed E-state index contributed by atoms with van der Waals surface area (Å²) in [6.07, 6.45) is 5.70. The van der Waals surface area contributed by atoms with Gasteiger partial charge in [-0.2, -0.15) is 5.26 Å². The first kappa shape index (κ1) is 9.02. The van der Waals surface area contributed by atoms with Crippen molar-refractivity contribution in [1.29, 1.82) is 5.26 Å². The molecule has 0 atom stereocenters. The third kappa shape index (κ3) is 1.71. The summed E-state index contributed by atoms with van der Waals surface area (Å²) < 4.78 is 0. The molecule has 0 aromatic carbocycles. The highest BCUT2D eigenvalue weighted by molar-refractivity contribution is 5.46. The Morgan fingerprint density at radius 3 is 2.73 bits per heavy atom. The Morgan fingerprint density at radius 2 is 2.13 bits per heavy atom. The smallest absolute Gasteiger partial charge is 0.269 e. The largest absolute Gasteiger partial charge is 0.304 e. The second-order valence-corrected chi connectivity index (χ2v) is 2.68. The molecule has 2 aromatic rings. The summed E-state index contributed by atoms with van der Waals surface area (Å²) in [7, 11) is 0. The zero-order chi connectivity index (χ0) is 10.7. The van der Waals surface area contributed by atoms with E-state index in [1.807, 2.05) is 0 Å². The van der Waals surface area contributed by atoms with E-state index in [-0.39, 0.29) is 5.56 Å². The molecule has 0 unspecified atom stereocenters. The quantitative estimate of drug-likeness (QED) is 0.702. The third-order valence-electron chi connectivity index (χ3n) is 1.73. The second-order valence-electron chi connectivity index (χ2n) is 2.68. The zero-order valence-corrected chi connectivity index (χ0v) is 7.51. The van der Waals surface area contributed by atoms with Crippen LogP contribution in [0.1, 0.15) is 5.56 Å². The first-order chi connectivity index (χ1) is 7.31. The monoisotopic (exact) mass is 199 g/mol. The minimum atomic E-state index is -0.479. The van der Waals surface area contributed by atoms with Gasteiger partial charge in [-0.1, -0.05) is 0 Å². The van der Waals surface area contributed by atoms with Gasteiger partial charge in [0.2, 0.25) is 0 Å². The lowest BCUT2D eigenvalue weighted by atomic mass is 10.3. The molecule has 2 rings (SSSR count). The molecule has 0 radical (unpaired) electrons. The maximum absolute atomic E-state index is 11.3. The van der Waals surface area contributed by atoms with E-state index >= 15 is 0 Å². The van der Waals surface area contributed by atoms with Gasteiger partial charge in [-0.25, -0.2) is 9.97 Å². The summed E-state index contributed by atoms with van der Waals surface area (Å²) in [5, 5.41) is 8.54. The van der Waals surface area contributed by atoms with E-state index in [9.17, 15) is 4.79 Å². The average molecular weight is 199 g/mol. The van der Waals surface area contributed by atoms with Crippen molar-refractivity contribution in [2.24, 2.45) is 0 Å². The number of rotatable bonds is 1. The predicted octanol–water partition coefficient (Wildman–Crippen LogP) is 0.0986. The molecular formula is C9H5N5O. The number of nitrogens with one attached hydrogen (secondary N) is 1. The van der Waals surface area contributed by atoms with Gasteiger partial charge in [0, 0.05) is 12.4 Å². The normalized spacial score (nSPS) is 9.53. The number of hydrogen-bond donors (Lipinski definition) is 1. The number of hydrogen-bond acceptors (Lipinski definition) is 5. The van der Waals surface area contributed by atoms with Crippen molar-refractivity contribution >= 4 is 0 Å². The second kappa shape index (κ2) is 3.67. The van der Waals surface area contributed by atoms with Gasteiger partial charge in [0.05, 0.1) is 12.4 Å². The standard InChI is InChI=1S/C9H5N5O/c10-3-6-4-13-8(14-9(6)15)7-5-11-1-2-12-7/h1-2,4-5H,(H,13,14,15). The first-order valence-electron chi connectivity index (χ1n) is 4.07. The Balaban J connectivity index is 2.54. The molecule has 1 N–H and O–H groups in total. The number of nitrogens with zero attached hydrogens (tertiary/aromatic N) is 4. The Labute approximate surface area is 84.3 Å². The van der Waals surface area contributed by atoms with Crippen molar-refractivity contribution in [1.82, 2.24) is 19.9 Å². The van der Waals surface area contributed by atoms with Gasteiger partial charge in [0.15, 0.2) is 5.82 Å². The fraction of sp³-hybridized carbons (Fsp3) is 0. The van der Waals surface area contributed by atoms with Crippen LogP contribution < -0.4 is 5.56 Å². The van der Waals surface area contributed by atoms with Crippen LogP contribution in [0.3, 0.4) is 0 Å². The van der Waals surface area contributed by atoms with Crippen LogP contribution in [0.4, 0.5) is 0 Å². The van der Waals surface area contributed by atoms with Gasteiger partial charge in [-0.15, -0.1) is 0 Å². The highest BCUT2D eigenvalue weighted by Gasteiger charge is 2.04. The molecule has 2 aromatic heterocycles. The lowest BCUT2D eigenvalue weighted by molar-refractivity contribution is 1.07. The van der Waals surface area contributed by atoms with Crippen LogP contribution >= 0.6 is 0 Å². The molecule has 6 nitrogen and oxygen atoms in total. The third-order valence-corrected chi connectivity index (χ3v) is 1.73. The molecule has 0 aliphatic carbocycles. The highest BCUT2D eigenvalue weighted by Crippen LogP contribution is 2.05. The maximum Gasteiger partial charge on any atom is 0.269 e. The average Bonchev–Trinajstić information content (AvgIpc) is 2.30. The number of nitriles is 1. The van der Waals surface area contributed by atoms with E-state index in [4.69, 9.17) is 5.26 Å². The van der Waals surface area contributed by atoms with Crippen LogP contribution in [0.2, 0.25) is 0 Å². The van der Waals surface area contributed by atoms with Crippen LogP contribution in [0, 0.1) is 11.3 Å². The Kier molecular flexibility index (Phi) is 2.21. The van der Waals surface area contributed by atoms with Gasteiger partial charge in [-0.05, 0) is 0 Å². The van der Waals surface area contributed by atoms with Gasteiger partial charge in [0.25, 0.3) is 5.56 Å². The van der Waals surface area contributed by atoms with Crippen molar-refractivity contribution < 1.29 is 0 Å². The molecule has 0 saturated carbocycles. The molecule has 0 aliphatic heterocycles. The molecule has 0 saturated heterocycles. The SMILES string of the molecule is N#Cc1cnc(-c2cnccn2)[nH]c1=O. The Morgan fingerprint density at radius 1 is 1.27 bits per heavy atom. The van der Waals surface area contributed by atoms with Crippen LogP contribution in [-0.2, 0) is 0 Å². The number of aromatic nitrogens is 4. The minimum Gasteiger partial charge on any atom is -0.304 e. The van der Waals surface area contributed by atoms with Crippen LogP contribution in [0.15, 0.2) is 29.6 Å². The summed E-state index contributed by atoms with van der Waals surface area (Å²) in [6, 6.07) is 1.73. The molecule has 0 spiro atoms. The Bertz CT molecular complexity index is 569. The van der Waals surface area contributed by atoms with Crippen molar-refractivity contribution in [2.45, 2.75) is 0 Å². The Hall–Kier alpha value is -2.55. The summed E-state index contributed by atoms with van der Waals surface area (Å²) in [5.74, 6) is 0.298. The van der Waals surface area contributed by atoms with Gasteiger partial charge in [0.1, 0.15) is 17.3 Å². The molecule has 6 heteroatoms. The summed E-state index contributed by atoms with van der Waals surface area (Å²) in [5.41, 5.74) is -0.0464. The minimum absolute atomic E-state index is 0.0253. The molecule has 0 amide bonds. The predicted molar refractivity (Wildman–Crippen MR) is 50.6 cm³/mol. The topological polar surface area (TPSA) is 95.3 Å². The van der Waals surface area contributed by atoms with Crippen LogP contribution in [0.5, 0.6) is 0 Å². The molecule has 0 bridgehead atoms. The highest BCUT2D eigenvalue weighted by atomic mass is 16.1.